The molecule has 1 aromatic heterocycles. The number of hydrogen-bond donors (Lipinski definition) is 2. The van der Waals surface area contributed by atoms with E-state index in [1.54, 1.807) is 0 Å². The molecule has 0 aromatic carbocycles. The first kappa shape index (κ1) is 12.2. The number of hydrogen-bond acceptors (Lipinski definition) is 4. The second-order valence-corrected chi connectivity index (χ2v) is 4.78. The van der Waals surface area contributed by atoms with Crippen molar-refractivity contribution in [3.63, 3.8) is 0 Å². The van der Waals surface area contributed by atoms with Gasteiger partial charge in [0.1, 0.15) is 0 Å². The number of aliphatic hydroxyl groups excluding tert-OH is 1. The molecule has 0 amide bonds. The van der Waals surface area contributed by atoms with Crippen molar-refractivity contribution in [2.75, 3.05) is 23.8 Å². The number of aryl methyl sites for hydroxylation is 1. The summed E-state index contributed by atoms with van der Waals surface area (Å²) in [6.45, 7) is 3.29. The van der Waals surface area contributed by atoms with Crippen LogP contribution in [0.25, 0.3) is 0 Å². The molecule has 1 unspecified atom stereocenters. The van der Waals surface area contributed by atoms with E-state index in [9.17, 15) is 0 Å². The number of pyridine rings is 1. The van der Waals surface area contributed by atoms with Crippen LogP contribution < -0.4 is 10.6 Å². The highest BCUT2D eigenvalue weighted by Crippen LogP contribution is 2.30. The SMILES string of the molecule is Cc1cnc(N2CCCC2CCCO)c(N)c1. The molecule has 0 spiro atoms. The van der Waals surface area contributed by atoms with E-state index in [0.717, 1.165) is 36.5 Å². The standard InChI is InChI=1S/C13H21N3O/c1-10-8-12(14)13(15-9-10)16-6-2-4-11(16)5-3-7-17/h8-9,11,17H,2-7,14H2,1H3. The van der Waals surface area contributed by atoms with Crippen LogP contribution >= 0.6 is 0 Å². The van der Waals surface area contributed by atoms with E-state index in [2.05, 4.69) is 9.88 Å². The van der Waals surface area contributed by atoms with Gasteiger partial charge in [0.15, 0.2) is 5.82 Å². The molecule has 4 heteroatoms. The van der Waals surface area contributed by atoms with Gasteiger partial charge in [-0.25, -0.2) is 4.98 Å². The number of nitrogens with zero attached hydrogens (tertiary/aromatic N) is 2. The lowest BCUT2D eigenvalue weighted by molar-refractivity contribution is 0.279. The zero-order valence-electron chi connectivity index (χ0n) is 10.4. The molecule has 1 fully saturated rings. The number of anilines is 2. The maximum Gasteiger partial charge on any atom is 0.152 e. The van der Waals surface area contributed by atoms with Gasteiger partial charge < -0.3 is 15.7 Å². The Hall–Kier alpha value is -1.29. The van der Waals surface area contributed by atoms with Crippen molar-refractivity contribution in [2.24, 2.45) is 0 Å². The average molecular weight is 235 g/mol. The maximum absolute atomic E-state index is 8.92. The van der Waals surface area contributed by atoms with Gasteiger partial charge in [-0.1, -0.05) is 0 Å². The largest absolute Gasteiger partial charge is 0.396 e. The Kier molecular flexibility index (Phi) is 3.84. The molecule has 2 heterocycles. The van der Waals surface area contributed by atoms with Gasteiger partial charge in [-0.3, -0.25) is 0 Å². The minimum Gasteiger partial charge on any atom is -0.396 e. The molecular formula is C13H21N3O. The van der Waals surface area contributed by atoms with Crippen LogP contribution in [-0.2, 0) is 0 Å². The highest BCUT2D eigenvalue weighted by molar-refractivity contribution is 5.64. The van der Waals surface area contributed by atoms with Crippen molar-refractivity contribution in [3.05, 3.63) is 17.8 Å². The summed E-state index contributed by atoms with van der Waals surface area (Å²) in [6, 6.07) is 2.46. The van der Waals surface area contributed by atoms with Crippen molar-refractivity contribution in [2.45, 2.75) is 38.6 Å². The second-order valence-electron chi connectivity index (χ2n) is 4.78. The Morgan fingerprint density at radius 2 is 2.41 bits per heavy atom. The lowest BCUT2D eigenvalue weighted by atomic mass is 10.1. The Morgan fingerprint density at radius 3 is 3.12 bits per heavy atom. The van der Waals surface area contributed by atoms with E-state index in [1.165, 1.54) is 12.8 Å². The first-order valence-corrected chi connectivity index (χ1v) is 6.32. The van der Waals surface area contributed by atoms with E-state index < -0.39 is 0 Å². The molecule has 1 aliphatic heterocycles. The van der Waals surface area contributed by atoms with Crippen LogP contribution in [0.4, 0.5) is 11.5 Å². The van der Waals surface area contributed by atoms with Crippen LogP contribution in [0.2, 0.25) is 0 Å². The number of aromatic nitrogens is 1. The van der Waals surface area contributed by atoms with Gasteiger partial charge in [0.25, 0.3) is 0 Å². The third kappa shape index (κ3) is 2.69. The van der Waals surface area contributed by atoms with Crippen molar-refractivity contribution < 1.29 is 5.11 Å². The molecule has 1 aliphatic rings. The van der Waals surface area contributed by atoms with Gasteiger partial charge in [0.2, 0.25) is 0 Å². The van der Waals surface area contributed by atoms with Gasteiger partial charge in [0, 0.05) is 25.4 Å². The molecule has 0 radical (unpaired) electrons. The molecule has 17 heavy (non-hydrogen) atoms. The first-order valence-electron chi connectivity index (χ1n) is 6.32. The van der Waals surface area contributed by atoms with Crippen LogP contribution in [0.3, 0.4) is 0 Å². The Labute approximate surface area is 102 Å². The summed E-state index contributed by atoms with van der Waals surface area (Å²) in [6.07, 6.45) is 6.10. The molecule has 2 rings (SSSR count). The molecule has 1 saturated heterocycles. The van der Waals surface area contributed by atoms with Crippen LogP contribution in [0.1, 0.15) is 31.2 Å². The van der Waals surface area contributed by atoms with Gasteiger partial charge in [-0.15, -0.1) is 0 Å². The van der Waals surface area contributed by atoms with Crippen molar-refractivity contribution in [3.8, 4) is 0 Å². The minimum absolute atomic E-state index is 0.265. The van der Waals surface area contributed by atoms with Crippen molar-refractivity contribution >= 4 is 11.5 Å². The fraction of sp³-hybridized carbons (Fsp3) is 0.615. The summed E-state index contributed by atoms with van der Waals surface area (Å²) in [5.41, 5.74) is 7.90. The Bertz CT molecular complexity index is 381. The zero-order chi connectivity index (χ0) is 12.3. The van der Waals surface area contributed by atoms with E-state index in [-0.39, 0.29) is 6.61 Å². The van der Waals surface area contributed by atoms with E-state index in [1.807, 2.05) is 19.2 Å². The van der Waals surface area contributed by atoms with Gasteiger partial charge in [-0.2, -0.15) is 0 Å². The normalized spacial score (nSPS) is 19.9. The number of aliphatic hydroxyl groups is 1. The molecule has 0 saturated carbocycles. The summed E-state index contributed by atoms with van der Waals surface area (Å²) in [5, 5.41) is 8.92. The molecule has 0 bridgehead atoms. The van der Waals surface area contributed by atoms with Crippen LogP contribution in [-0.4, -0.2) is 29.3 Å². The topological polar surface area (TPSA) is 62.4 Å². The highest BCUT2D eigenvalue weighted by atomic mass is 16.2. The molecule has 1 aromatic rings. The van der Waals surface area contributed by atoms with E-state index in [0.29, 0.717) is 6.04 Å². The lowest BCUT2D eigenvalue weighted by Crippen LogP contribution is -2.30. The third-order valence-electron chi connectivity index (χ3n) is 3.38. The maximum atomic E-state index is 8.92. The Balaban J connectivity index is 2.14. The predicted octanol–water partition coefficient (Wildman–Crippen LogP) is 1.71. The van der Waals surface area contributed by atoms with Crippen LogP contribution in [0, 0.1) is 6.92 Å². The molecule has 0 aliphatic carbocycles. The van der Waals surface area contributed by atoms with Crippen LogP contribution in [0.15, 0.2) is 12.3 Å². The molecule has 1 atom stereocenters. The third-order valence-corrected chi connectivity index (χ3v) is 3.38. The average Bonchev–Trinajstić information content (AvgIpc) is 2.74. The highest BCUT2D eigenvalue weighted by Gasteiger charge is 2.26. The number of rotatable bonds is 4. The number of nitrogen functional groups attached to an aromatic ring is 1. The molecular weight excluding hydrogens is 214 g/mol. The summed E-state index contributed by atoms with van der Waals surface area (Å²) in [5.74, 6) is 0.913. The summed E-state index contributed by atoms with van der Waals surface area (Å²) in [4.78, 5) is 6.75. The quantitative estimate of drug-likeness (QED) is 0.834. The van der Waals surface area contributed by atoms with Crippen molar-refractivity contribution in [1.29, 1.82) is 0 Å². The predicted molar refractivity (Wildman–Crippen MR) is 70.1 cm³/mol. The summed E-state index contributed by atoms with van der Waals surface area (Å²) in [7, 11) is 0. The van der Waals surface area contributed by atoms with Crippen molar-refractivity contribution in [1.82, 2.24) is 4.98 Å². The van der Waals surface area contributed by atoms with Gasteiger partial charge in [-0.05, 0) is 44.2 Å². The smallest absolute Gasteiger partial charge is 0.152 e. The summed E-state index contributed by atoms with van der Waals surface area (Å²) < 4.78 is 0. The monoisotopic (exact) mass is 235 g/mol. The van der Waals surface area contributed by atoms with E-state index in [4.69, 9.17) is 10.8 Å². The minimum atomic E-state index is 0.265. The van der Waals surface area contributed by atoms with E-state index >= 15 is 0 Å². The zero-order valence-corrected chi connectivity index (χ0v) is 10.4. The fourth-order valence-corrected chi connectivity index (χ4v) is 2.57. The fourth-order valence-electron chi connectivity index (χ4n) is 2.57. The van der Waals surface area contributed by atoms with Gasteiger partial charge in [0.05, 0.1) is 5.69 Å². The molecule has 3 N–H and O–H groups in total. The van der Waals surface area contributed by atoms with Crippen LogP contribution in [0.5, 0.6) is 0 Å². The Morgan fingerprint density at radius 1 is 1.59 bits per heavy atom. The summed E-state index contributed by atoms with van der Waals surface area (Å²) >= 11 is 0. The first-order chi connectivity index (χ1) is 8.22. The molecule has 4 nitrogen and oxygen atoms in total. The number of nitrogens with two attached hydrogens (primary N) is 1. The van der Waals surface area contributed by atoms with Gasteiger partial charge >= 0.3 is 0 Å². The molecule has 94 valence electrons. The lowest BCUT2D eigenvalue weighted by Gasteiger charge is -2.26. The second kappa shape index (κ2) is 5.36.